The van der Waals surface area contributed by atoms with Crippen molar-refractivity contribution in [2.45, 2.75) is 56.5 Å². The maximum atomic E-state index is 14.3. The predicted molar refractivity (Wildman–Crippen MR) is 132 cm³/mol. The van der Waals surface area contributed by atoms with E-state index in [4.69, 9.17) is 11.6 Å². The first-order chi connectivity index (χ1) is 18.5. The largest absolute Gasteiger partial charge is 0.356 e. The molecule has 5 rings (SSSR count). The molecule has 1 saturated carbocycles. The van der Waals surface area contributed by atoms with E-state index in [0.29, 0.717) is 13.0 Å². The van der Waals surface area contributed by atoms with Crippen LogP contribution in [0.2, 0.25) is 5.02 Å². The zero-order valence-electron chi connectivity index (χ0n) is 20.7. The lowest BCUT2D eigenvalue weighted by Crippen LogP contribution is -2.52. The molecule has 0 radical (unpaired) electrons. The van der Waals surface area contributed by atoms with E-state index in [9.17, 15) is 37.2 Å². The van der Waals surface area contributed by atoms with Gasteiger partial charge in [0.05, 0.1) is 16.6 Å². The second-order valence-electron chi connectivity index (χ2n) is 10.6. The summed E-state index contributed by atoms with van der Waals surface area (Å²) in [5, 5.41) is 15.1. The van der Waals surface area contributed by atoms with Crippen molar-refractivity contribution < 1.29 is 31.9 Å². The van der Waals surface area contributed by atoms with Gasteiger partial charge in [-0.3, -0.25) is 14.4 Å². The number of hydrogen-bond donors (Lipinski definition) is 3. The number of likely N-dealkylation sites (tertiary alicyclic amines) is 1. The summed E-state index contributed by atoms with van der Waals surface area (Å²) in [5.74, 6) is -6.70. The van der Waals surface area contributed by atoms with Gasteiger partial charge in [-0.1, -0.05) is 17.7 Å². The number of alkyl halides is 4. The molecule has 1 aromatic heterocycles. The molecule has 3 fully saturated rings. The molecule has 3 aliphatic rings. The van der Waals surface area contributed by atoms with Crippen LogP contribution in [-0.4, -0.2) is 58.7 Å². The van der Waals surface area contributed by atoms with E-state index >= 15 is 0 Å². The molecule has 8 nitrogen and oxygen atoms in total. The standard InChI is InChI=1S/C26H26ClF4N5O3/c27-18-4-3-15(22(28)29)16-7-19(35-20(16)18)25(39)36-11-13-8-26(30,31)9-17(13)21(36)24(38)34-14(10-32)6-12-2-1-5-33-23(12)37/h3-4,7,12-14,17,21-22,35H,1-2,5-6,8-9,11H2,(H,33,37)(H,34,38)/t12-,13+,14+,17+,21+/m0/s1. The van der Waals surface area contributed by atoms with E-state index in [-0.39, 0.29) is 46.1 Å². The van der Waals surface area contributed by atoms with Crippen LogP contribution in [0.25, 0.3) is 10.9 Å². The summed E-state index contributed by atoms with van der Waals surface area (Å²) in [6, 6.07) is 3.26. The number of H-pyrrole nitrogens is 1. The number of nitrogens with one attached hydrogen (secondary N) is 3. The summed E-state index contributed by atoms with van der Waals surface area (Å²) >= 11 is 6.16. The van der Waals surface area contributed by atoms with Gasteiger partial charge < -0.3 is 20.5 Å². The Bertz CT molecular complexity index is 1360. The molecule has 3 amide bonds. The van der Waals surface area contributed by atoms with Crippen LogP contribution in [0.15, 0.2) is 18.2 Å². The maximum Gasteiger partial charge on any atom is 0.271 e. The van der Waals surface area contributed by atoms with Crippen LogP contribution in [0.4, 0.5) is 17.6 Å². The molecule has 208 valence electrons. The van der Waals surface area contributed by atoms with E-state index in [1.807, 2.05) is 6.07 Å². The Balaban J connectivity index is 1.42. The number of rotatable bonds is 6. The summed E-state index contributed by atoms with van der Waals surface area (Å²) in [6.45, 7) is 0.400. The van der Waals surface area contributed by atoms with Gasteiger partial charge in [-0.15, -0.1) is 0 Å². The minimum Gasteiger partial charge on any atom is -0.356 e. The van der Waals surface area contributed by atoms with Crippen LogP contribution in [0, 0.1) is 29.1 Å². The van der Waals surface area contributed by atoms with Crippen molar-refractivity contribution >= 4 is 40.2 Å². The number of aromatic amines is 1. The van der Waals surface area contributed by atoms with Gasteiger partial charge in [-0.25, -0.2) is 17.6 Å². The van der Waals surface area contributed by atoms with Gasteiger partial charge in [-0.05, 0) is 43.2 Å². The van der Waals surface area contributed by atoms with Crippen molar-refractivity contribution in [1.29, 1.82) is 5.26 Å². The van der Waals surface area contributed by atoms with E-state index in [2.05, 4.69) is 15.6 Å². The number of halogens is 5. The van der Waals surface area contributed by atoms with Gasteiger partial charge in [0, 0.05) is 42.8 Å². The molecule has 2 aromatic rings. The Labute approximate surface area is 226 Å². The fourth-order valence-electron chi connectivity index (χ4n) is 6.25. The summed E-state index contributed by atoms with van der Waals surface area (Å²) in [6.07, 6.45) is -2.60. The van der Waals surface area contributed by atoms with Crippen molar-refractivity contribution in [3.63, 3.8) is 0 Å². The zero-order chi connectivity index (χ0) is 28.1. The van der Waals surface area contributed by atoms with Gasteiger partial charge in [0.15, 0.2) is 0 Å². The van der Waals surface area contributed by atoms with E-state index in [1.165, 1.54) is 17.0 Å². The molecular formula is C26H26ClF4N5O3. The molecule has 0 spiro atoms. The SMILES string of the molecule is N#C[C@@H](C[C@@H]1CCCNC1=O)NC(=O)[C@H]1[C@@H]2CC(F)(F)C[C@@H]2CN1C(=O)c1cc2c(C(F)F)ccc(Cl)c2[nH]1. The molecule has 0 bridgehead atoms. The van der Waals surface area contributed by atoms with Crippen molar-refractivity contribution in [1.82, 2.24) is 20.5 Å². The second-order valence-corrected chi connectivity index (χ2v) is 11.0. The molecule has 5 atom stereocenters. The van der Waals surface area contributed by atoms with Crippen LogP contribution in [0.3, 0.4) is 0 Å². The fraction of sp³-hybridized carbons (Fsp3) is 0.538. The first-order valence-corrected chi connectivity index (χ1v) is 13.1. The smallest absolute Gasteiger partial charge is 0.271 e. The van der Waals surface area contributed by atoms with Crippen molar-refractivity contribution in [2.24, 2.45) is 17.8 Å². The van der Waals surface area contributed by atoms with Crippen molar-refractivity contribution in [2.75, 3.05) is 13.1 Å². The number of benzene rings is 1. The number of amides is 3. The van der Waals surface area contributed by atoms with Gasteiger partial charge >= 0.3 is 0 Å². The zero-order valence-corrected chi connectivity index (χ0v) is 21.4. The lowest BCUT2D eigenvalue weighted by molar-refractivity contribution is -0.129. The minimum atomic E-state index is -3.00. The molecular weight excluding hydrogens is 542 g/mol. The molecule has 0 unspecified atom stereocenters. The topological polar surface area (TPSA) is 118 Å². The Kier molecular flexibility index (Phi) is 7.22. The summed E-state index contributed by atoms with van der Waals surface area (Å²) in [5.41, 5.74) is -0.319. The molecule has 1 aromatic carbocycles. The number of nitriles is 1. The first-order valence-electron chi connectivity index (χ1n) is 12.7. The highest BCUT2D eigenvalue weighted by Gasteiger charge is 2.58. The lowest BCUT2D eigenvalue weighted by Gasteiger charge is -2.29. The monoisotopic (exact) mass is 567 g/mol. The molecule has 2 saturated heterocycles. The van der Waals surface area contributed by atoms with Crippen LogP contribution >= 0.6 is 11.6 Å². The van der Waals surface area contributed by atoms with Crippen molar-refractivity contribution in [3.05, 3.63) is 34.5 Å². The summed E-state index contributed by atoms with van der Waals surface area (Å²) in [7, 11) is 0. The molecule has 3 heterocycles. The third kappa shape index (κ3) is 5.16. The number of carbonyl (C=O) groups excluding carboxylic acids is 3. The highest BCUT2D eigenvalue weighted by Crippen LogP contribution is 2.50. The Hall–Kier alpha value is -3.33. The van der Waals surface area contributed by atoms with Crippen LogP contribution < -0.4 is 10.6 Å². The Morgan fingerprint density at radius 3 is 2.74 bits per heavy atom. The van der Waals surface area contributed by atoms with Crippen LogP contribution in [-0.2, 0) is 9.59 Å². The molecule has 1 aliphatic carbocycles. The van der Waals surface area contributed by atoms with Gasteiger partial charge in [-0.2, -0.15) is 5.26 Å². The number of hydrogen-bond acceptors (Lipinski definition) is 4. The van der Waals surface area contributed by atoms with Crippen LogP contribution in [0.1, 0.15) is 54.6 Å². The second kappa shape index (κ2) is 10.3. The first kappa shape index (κ1) is 27.2. The quantitative estimate of drug-likeness (QED) is 0.454. The third-order valence-corrected chi connectivity index (χ3v) is 8.35. The summed E-state index contributed by atoms with van der Waals surface area (Å²) < 4.78 is 55.7. The minimum absolute atomic E-state index is 0.0445. The van der Waals surface area contributed by atoms with Gasteiger partial charge in [0.2, 0.25) is 17.7 Å². The maximum absolute atomic E-state index is 14.3. The van der Waals surface area contributed by atoms with Crippen LogP contribution in [0.5, 0.6) is 0 Å². The average Bonchev–Trinajstić information content (AvgIpc) is 3.54. The Morgan fingerprint density at radius 2 is 2.05 bits per heavy atom. The van der Waals surface area contributed by atoms with Crippen molar-refractivity contribution in [3.8, 4) is 6.07 Å². The highest BCUT2D eigenvalue weighted by atomic mass is 35.5. The fourth-order valence-corrected chi connectivity index (χ4v) is 6.47. The van der Waals surface area contributed by atoms with Gasteiger partial charge in [0.25, 0.3) is 12.3 Å². The molecule has 13 heteroatoms. The number of nitrogens with zero attached hydrogens (tertiary/aromatic N) is 2. The number of fused-ring (bicyclic) bond motifs is 2. The summed E-state index contributed by atoms with van der Waals surface area (Å²) in [4.78, 5) is 43.2. The third-order valence-electron chi connectivity index (χ3n) is 8.04. The van der Waals surface area contributed by atoms with Gasteiger partial charge in [0.1, 0.15) is 17.8 Å². The molecule has 3 N–H and O–H groups in total. The lowest BCUT2D eigenvalue weighted by atomic mass is 9.90. The predicted octanol–water partition coefficient (Wildman–Crippen LogP) is 4.17. The van der Waals surface area contributed by atoms with E-state index in [0.717, 1.165) is 12.5 Å². The molecule has 2 aliphatic heterocycles. The number of carbonyl (C=O) groups is 3. The van der Waals surface area contributed by atoms with E-state index in [1.54, 1.807) is 0 Å². The Morgan fingerprint density at radius 1 is 1.28 bits per heavy atom. The number of piperidine rings is 1. The normalized spacial score (nSPS) is 26.8. The average molecular weight is 568 g/mol. The highest BCUT2D eigenvalue weighted by molar-refractivity contribution is 6.35. The van der Waals surface area contributed by atoms with E-state index < -0.39 is 66.8 Å². The molecule has 39 heavy (non-hydrogen) atoms. The number of aromatic nitrogens is 1.